The number of H-pyrrole nitrogens is 1. The number of nitrogens with zero attached hydrogens (tertiary/aromatic N) is 1. The van der Waals surface area contributed by atoms with Crippen LogP contribution in [0.15, 0.2) is 30.5 Å². The minimum Gasteiger partial charge on any atom is -0.337 e. The Hall–Kier alpha value is -1.56. The maximum absolute atomic E-state index is 12.8. The molecule has 0 radical (unpaired) electrons. The first kappa shape index (κ1) is 15.8. The Kier molecular flexibility index (Phi) is 4.02. The van der Waals surface area contributed by atoms with Crippen molar-refractivity contribution in [1.29, 1.82) is 0 Å². The molecule has 1 aromatic heterocycles. The molecule has 21 heavy (non-hydrogen) atoms. The number of hydrogen-bond acceptors (Lipinski definition) is 1. The van der Waals surface area contributed by atoms with Gasteiger partial charge in [0.05, 0.1) is 12.1 Å². The van der Waals surface area contributed by atoms with Gasteiger partial charge in [-0.1, -0.05) is 32.9 Å². The van der Waals surface area contributed by atoms with Gasteiger partial charge < -0.3 is 9.55 Å². The second-order valence-electron chi connectivity index (χ2n) is 6.01. The van der Waals surface area contributed by atoms with Crippen LogP contribution in [0.1, 0.15) is 37.6 Å². The molecule has 0 saturated carbocycles. The summed E-state index contributed by atoms with van der Waals surface area (Å²) < 4.78 is 40.6. The summed E-state index contributed by atoms with van der Waals surface area (Å²) in [5.41, 5.74) is 0.755. The number of hydrogen-bond donors (Lipinski definition) is 1. The average Bonchev–Trinajstić information content (AvgIpc) is 2.70. The second-order valence-corrected chi connectivity index (χ2v) is 6.40. The van der Waals surface area contributed by atoms with E-state index in [2.05, 4.69) is 4.98 Å². The molecule has 0 saturated heterocycles. The normalized spacial score (nSPS) is 12.7. The van der Waals surface area contributed by atoms with Crippen LogP contribution in [0.25, 0.3) is 0 Å². The number of alkyl halides is 3. The van der Waals surface area contributed by atoms with Gasteiger partial charge in [0.2, 0.25) is 0 Å². The Bertz CT molecular complexity index is 690. The third-order valence-electron chi connectivity index (χ3n) is 3.23. The van der Waals surface area contributed by atoms with Gasteiger partial charge in [0.25, 0.3) is 0 Å². The van der Waals surface area contributed by atoms with Crippen molar-refractivity contribution in [3.05, 3.63) is 52.1 Å². The van der Waals surface area contributed by atoms with Crippen LogP contribution in [0.3, 0.4) is 0 Å². The van der Waals surface area contributed by atoms with Crippen molar-refractivity contribution in [2.45, 2.75) is 38.9 Å². The van der Waals surface area contributed by atoms with E-state index in [4.69, 9.17) is 12.2 Å². The lowest BCUT2D eigenvalue weighted by atomic mass is 9.92. The summed E-state index contributed by atoms with van der Waals surface area (Å²) in [5.74, 6) is 0. The minimum atomic E-state index is -4.33. The predicted molar refractivity (Wildman–Crippen MR) is 78.9 cm³/mol. The molecular formula is C15H17F3N2S. The number of nitrogens with one attached hydrogen (secondary N) is 1. The lowest BCUT2D eigenvalue weighted by molar-refractivity contribution is -0.137. The number of benzene rings is 1. The van der Waals surface area contributed by atoms with Crippen LogP contribution < -0.4 is 0 Å². The van der Waals surface area contributed by atoms with E-state index < -0.39 is 11.7 Å². The van der Waals surface area contributed by atoms with Crippen molar-refractivity contribution in [3.8, 4) is 0 Å². The minimum absolute atomic E-state index is 0.144. The Morgan fingerprint density at radius 1 is 1.19 bits per heavy atom. The van der Waals surface area contributed by atoms with Crippen molar-refractivity contribution >= 4 is 12.2 Å². The fraction of sp³-hybridized carbons (Fsp3) is 0.400. The molecule has 2 nitrogen and oxygen atoms in total. The molecule has 0 aliphatic carbocycles. The van der Waals surface area contributed by atoms with Crippen LogP contribution in [0.2, 0.25) is 0 Å². The monoisotopic (exact) mass is 314 g/mol. The fourth-order valence-corrected chi connectivity index (χ4v) is 2.42. The number of rotatable bonds is 2. The van der Waals surface area contributed by atoms with Gasteiger partial charge in [0.1, 0.15) is 0 Å². The quantitative estimate of drug-likeness (QED) is 0.781. The first-order valence-electron chi connectivity index (χ1n) is 6.54. The zero-order valence-corrected chi connectivity index (χ0v) is 12.9. The van der Waals surface area contributed by atoms with Crippen molar-refractivity contribution in [1.82, 2.24) is 9.55 Å². The highest BCUT2D eigenvalue weighted by molar-refractivity contribution is 7.71. The van der Waals surface area contributed by atoms with Gasteiger partial charge in [-0.05, 0) is 29.9 Å². The van der Waals surface area contributed by atoms with E-state index in [0.717, 1.165) is 11.8 Å². The summed E-state index contributed by atoms with van der Waals surface area (Å²) >= 11 is 5.23. The van der Waals surface area contributed by atoms with Crippen LogP contribution in [-0.4, -0.2) is 9.55 Å². The molecule has 6 heteroatoms. The van der Waals surface area contributed by atoms with Gasteiger partial charge in [0.15, 0.2) is 4.77 Å². The van der Waals surface area contributed by atoms with Crippen LogP contribution in [-0.2, 0) is 18.1 Å². The summed E-state index contributed by atoms with van der Waals surface area (Å²) in [5, 5.41) is 0. The molecule has 0 atom stereocenters. The van der Waals surface area contributed by atoms with Gasteiger partial charge in [-0.3, -0.25) is 0 Å². The summed E-state index contributed by atoms with van der Waals surface area (Å²) in [6.07, 6.45) is -2.52. The Morgan fingerprint density at radius 2 is 1.86 bits per heavy atom. The average molecular weight is 314 g/mol. The molecule has 0 bridgehead atoms. The number of imidazole rings is 1. The fourth-order valence-electron chi connectivity index (χ4n) is 2.20. The molecule has 0 aliphatic rings. The van der Waals surface area contributed by atoms with E-state index in [9.17, 15) is 13.2 Å². The number of halogens is 3. The SMILES string of the molecule is CC(C)(C)c1c[nH]c(=S)n1Cc1cccc(C(F)(F)F)c1. The highest BCUT2D eigenvalue weighted by atomic mass is 32.1. The van der Waals surface area contributed by atoms with E-state index in [-0.39, 0.29) is 5.41 Å². The van der Waals surface area contributed by atoms with Gasteiger partial charge in [0, 0.05) is 17.3 Å². The molecule has 2 aromatic rings. The first-order valence-corrected chi connectivity index (χ1v) is 6.95. The van der Waals surface area contributed by atoms with Gasteiger partial charge in [-0.2, -0.15) is 13.2 Å². The zero-order chi connectivity index (χ0) is 15.8. The standard InChI is InChI=1S/C15H17F3N2S/c1-14(2,3)12-8-19-13(21)20(12)9-10-5-4-6-11(7-10)15(16,17)18/h4-8H,9H2,1-3H3,(H,19,21). The molecule has 1 aromatic carbocycles. The number of aromatic nitrogens is 2. The van der Waals surface area contributed by atoms with Crippen molar-refractivity contribution in [3.63, 3.8) is 0 Å². The third kappa shape index (κ3) is 3.56. The molecule has 0 fully saturated rings. The second kappa shape index (κ2) is 5.33. The molecule has 0 amide bonds. The zero-order valence-electron chi connectivity index (χ0n) is 12.1. The largest absolute Gasteiger partial charge is 0.416 e. The molecule has 1 heterocycles. The summed E-state index contributed by atoms with van der Waals surface area (Å²) in [4.78, 5) is 2.96. The maximum Gasteiger partial charge on any atom is 0.416 e. The molecule has 0 unspecified atom stereocenters. The van der Waals surface area contributed by atoms with E-state index in [1.807, 2.05) is 31.5 Å². The molecule has 0 spiro atoms. The van der Waals surface area contributed by atoms with E-state index >= 15 is 0 Å². The predicted octanol–water partition coefficient (Wildman–Crippen LogP) is 4.91. The van der Waals surface area contributed by atoms with E-state index in [1.165, 1.54) is 12.1 Å². The lowest BCUT2D eigenvalue weighted by Gasteiger charge is -2.21. The summed E-state index contributed by atoms with van der Waals surface area (Å²) in [6.45, 7) is 6.42. The van der Waals surface area contributed by atoms with Crippen molar-refractivity contribution in [2.24, 2.45) is 0 Å². The van der Waals surface area contributed by atoms with Crippen molar-refractivity contribution < 1.29 is 13.2 Å². The van der Waals surface area contributed by atoms with Gasteiger partial charge in [-0.15, -0.1) is 0 Å². The highest BCUT2D eigenvalue weighted by Gasteiger charge is 2.30. The van der Waals surface area contributed by atoms with Crippen LogP contribution in [0, 0.1) is 4.77 Å². The topological polar surface area (TPSA) is 20.7 Å². The maximum atomic E-state index is 12.8. The molecule has 2 rings (SSSR count). The van der Waals surface area contributed by atoms with E-state index in [1.54, 1.807) is 6.07 Å². The first-order chi connectivity index (χ1) is 9.59. The smallest absolute Gasteiger partial charge is 0.337 e. The molecule has 1 N–H and O–H groups in total. The van der Waals surface area contributed by atoms with Crippen molar-refractivity contribution in [2.75, 3.05) is 0 Å². The van der Waals surface area contributed by atoms with Gasteiger partial charge >= 0.3 is 6.18 Å². The van der Waals surface area contributed by atoms with E-state index in [0.29, 0.717) is 16.9 Å². The van der Waals surface area contributed by atoms with Crippen LogP contribution >= 0.6 is 12.2 Å². The third-order valence-corrected chi connectivity index (χ3v) is 3.57. The summed E-state index contributed by atoms with van der Waals surface area (Å²) in [7, 11) is 0. The molecule has 0 aliphatic heterocycles. The van der Waals surface area contributed by atoms with Gasteiger partial charge in [-0.25, -0.2) is 0 Å². The Labute approximate surface area is 126 Å². The Morgan fingerprint density at radius 3 is 2.43 bits per heavy atom. The van der Waals surface area contributed by atoms with Crippen LogP contribution in [0.4, 0.5) is 13.2 Å². The molecule has 114 valence electrons. The highest BCUT2D eigenvalue weighted by Crippen LogP contribution is 2.30. The lowest BCUT2D eigenvalue weighted by Crippen LogP contribution is -2.18. The number of aromatic amines is 1. The Balaban J connectivity index is 2.40. The molecular weight excluding hydrogens is 297 g/mol. The van der Waals surface area contributed by atoms with Crippen LogP contribution in [0.5, 0.6) is 0 Å². The summed E-state index contributed by atoms with van der Waals surface area (Å²) in [6, 6.07) is 5.34.